The van der Waals surface area contributed by atoms with Crippen molar-refractivity contribution in [3.63, 3.8) is 0 Å². The van der Waals surface area contributed by atoms with Crippen LogP contribution in [0.1, 0.15) is 26.7 Å². The molecule has 0 saturated carbocycles. The maximum absolute atomic E-state index is 9.74. The highest BCUT2D eigenvalue weighted by molar-refractivity contribution is 8.00. The molecule has 0 radical (unpaired) electrons. The summed E-state index contributed by atoms with van der Waals surface area (Å²) in [5.74, 6) is 1.23. The van der Waals surface area contributed by atoms with Gasteiger partial charge in [0.2, 0.25) is 0 Å². The number of ether oxygens (including phenoxy) is 1. The SMILES string of the molecule is CC1SCCN(CC2(CO)CCOCC2)C1C. The lowest BCUT2D eigenvalue weighted by Crippen LogP contribution is -2.51. The van der Waals surface area contributed by atoms with Gasteiger partial charge in [0.05, 0.1) is 6.61 Å². The molecule has 0 aliphatic carbocycles. The maximum atomic E-state index is 9.74. The van der Waals surface area contributed by atoms with Crippen molar-refractivity contribution < 1.29 is 9.84 Å². The van der Waals surface area contributed by atoms with E-state index < -0.39 is 0 Å². The van der Waals surface area contributed by atoms with Crippen molar-refractivity contribution in [3.8, 4) is 0 Å². The summed E-state index contributed by atoms with van der Waals surface area (Å²) < 4.78 is 5.43. The van der Waals surface area contributed by atoms with Crippen LogP contribution in [0.15, 0.2) is 0 Å². The molecule has 2 heterocycles. The summed E-state index contributed by atoms with van der Waals surface area (Å²) in [7, 11) is 0. The fourth-order valence-corrected chi connectivity index (χ4v) is 3.98. The van der Waals surface area contributed by atoms with Crippen molar-refractivity contribution in [2.75, 3.05) is 38.7 Å². The Morgan fingerprint density at radius 1 is 1.35 bits per heavy atom. The molecule has 0 aromatic heterocycles. The highest BCUT2D eigenvalue weighted by Gasteiger charge is 2.36. The van der Waals surface area contributed by atoms with Gasteiger partial charge in [-0.15, -0.1) is 0 Å². The van der Waals surface area contributed by atoms with E-state index in [1.54, 1.807) is 0 Å². The summed E-state index contributed by atoms with van der Waals surface area (Å²) >= 11 is 2.07. The molecule has 2 saturated heterocycles. The van der Waals surface area contributed by atoms with E-state index in [-0.39, 0.29) is 5.41 Å². The van der Waals surface area contributed by atoms with Gasteiger partial charge in [0.1, 0.15) is 0 Å². The van der Waals surface area contributed by atoms with Crippen LogP contribution in [0.2, 0.25) is 0 Å². The van der Waals surface area contributed by atoms with Gasteiger partial charge in [-0.25, -0.2) is 0 Å². The predicted octanol–water partition coefficient (Wildman–Crippen LogP) is 1.60. The molecule has 0 bridgehead atoms. The Balaban J connectivity index is 1.97. The van der Waals surface area contributed by atoms with Crippen molar-refractivity contribution in [1.82, 2.24) is 4.90 Å². The molecule has 2 aliphatic heterocycles. The molecular formula is C13H25NO2S. The third-order valence-electron chi connectivity index (χ3n) is 4.44. The summed E-state index contributed by atoms with van der Waals surface area (Å²) in [4.78, 5) is 2.57. The van der Waals surface area contributed by atoms with Gasteiger partial charge in [0, 0.05) is 48.8 Å². The normalized spacial score (nSPS) is 34.8. The van der Waals surface area contributed by atoms with E-state index in [9.17, 15) is 5.11 Å². The van der Waals surface area contributed by atoms with E-state index in [1.807, 2.05) is 0 Å². The molecule has 0 aromatic carbocycles. The molecule has 17 heavy (non-hydrogen) atoms. The van der Waals surface area contributed by atoms with Gasteiger partial charge < -0.3 is 9.84 Å². The van der Waals surface area contributed by atoms with Crippen LogP contribution < -0.4 is 0 Å². The Labute approximate surface area is 109 Å². The van der Waals surface area contributed by atoms with E-state index in [0.717, 1.165) is 32.6 Å². The number of aliphatic hydroxyl groups is 1. The lowest BCUT2D eigenvalue weighted by Gasteiger charge is -2.45. The lowest BCUT2D eigenvalue weighted by molar-refractivity contribution is -0.0391. The van der Waals surface area contributed by atoms with Crippen LogP contribution in [0.4, 0.5) is 0 Å². The molecule has 2 aliphatic rings. The Bertz CT molecular complexity index is 244. The molecule has 2 fully saturated rings. The minimum atomic E-state index is 0.0915. The van der Waals surface area contributed by atoms with Crippen LogP contribution in [-0.4, -0.2) is 60.0 Å². The number of hydrogen-bond donors (Lipinski definition) is 1. The van der Waals surface area contributed by atoms with Gasteiger partial charge >= 0.3 is 0 Å². The molecule has 2 atom stereocenters. The molecule has 2 rings (SSSR count). The molecule has 4 heteroatoms. The molecule has 0 amide bonds. The van der Waals surface area contributed by atoms with Crippen molar-refractivity contribution in [1.29, 1.82) is 0 Å². The van der Waals surface area contributed by atoms with Gasteiger partial charge in [0.25, 0.3) is 0 Å². The Morgan fingerprint density at radius 3 is 2.71 bits per heavy atom. The fourth-order valence-electron chi connectivity index (χ4n) is 2.82. The van der Waals surface area contributed by atoms with E-state index in [1.165, 1.54) is 12.3 Å². The molecule has 0 spiro atoms. The van der Waals surface area contributed by atoms with Crippen LogP contribution in [0.25, 0.3) is 0 Å². The molecule has 100 valence electrons. The lowest BCUT2D eigenvalue weighted by atomic mass is 9.80. The highest BCUT2D eigenvalue weighted by atomic mass is 32.2. The second-order valence-corrected chi connectivity index (χ2v) is 7.04. The summed E-state index contributed by atoms with van der Waals surface area (Å²) in [6.45, 7) is 8.78. The zero-order valence-corrected chi connectivity index (χ0v) is 11.8. The monoisotopic (exact) mass is 259 g/mol. The van der Waals surface area contributed by atoms with Gasteiger partial charge in [-0.1, -0.05) is 6.92 Å². The van der Waals surface area contributed by atoms with E-state index in [4.69, 9.17) is 4.74 Å². The number of nitrogens with zero attached hydrogens (tertiary/aromatic N) is 1. The Hall–Kier alpha value is 0.230. The third kappa shape index (κ3) is 3.16. The zero-order valence-electron chi connectivity index (χ0n) is 11.0. The first-order valence-corrected chi connectivity index (χ1v) is 7.76. The van der Waals surface area contributed by atoms with Crippen molar-refractivity contribution >= 4 is 11.8 Å². The number of thioether (sulfide) groups is 1. The molecule has 2 unspecified atom stereocenters. The smallest absolute Gasteiger partial charge is 0.0501 e. The van der Waals surface area contributed by atoms with E-state index in [0.29, 0.717) is 17.9 Å². The summed E-state index contributed by atoms with van der Waals surface area (Å²) in [5.41, 5.74) is 0.0915. The van der Waals surface area contributed by atoms with Crippen molar-refractivity contribution in [2.45, 2.75) is 38.0 Å². The number of hydrogen-bond acceptors (Lipinski definition) is 4. The first-order chi connectivity index (χ1) is 8.17. The van der Waals surface area contributed by atoms with Crippen molar-refractivity contribution in [3.05, 3.63) is 0 Å². The minimum absolute atomic E-state index is 0.0915. The van der Waals surface area contributed by atoms with Crippen LogP contribution in [0.5, 0.6) is 0 Å². The third-order valence-corrected chi connectivity index (χ3v) is 5.78. The molecule has 0 aromatic rings. The zero-order chi connectivity index (χ0) is 12.3. The molecular weight excluding hydrogens is 234 g/mol. The van der Waals surface area contributed by atoms with Crippen LogP contribution >= 0.6 is 11.8 Å². The summed E-state index contributed by atoms with van der Waals surface area (Å²) in [6, 6.07) is 0.625. The standard InChI is InChI=1S/C13H25NO2S/c1-11-12(2)17-8-5-14(11)9-13(10-15)3-6-16-7-4-13/h11-12,15H,3-10H2,1-2H3. The van der Waals surface area contributed by atoms with Crippen LogP contribution in [-0.2, 0) is 4.74 Å². The molecule has 1 N–H and O–H groups in total. The van der Waals surface area contributed by atoms with Gasteiger partial charge in [-0.2, -0.15) is 11.8 Å². The fraction of sp³-hybridized carbons (Fsp3) is 1.00. The van der Waals surface area contributed by atoms with Gasteiger partial charge in [-0.05, 0) is 19.8 Å². The highest BCUT2D eigenvalue weighted by Crippen LogP contribution is 2.34. The topological polar surface area (TPSA) is 32.7 Å². The Morgan fingerprint density at radius 2 is 2.06 bits per heavy atom. The predicted molar refractivity (Wildman–Crippen MR) is 72.5 cm³/mol. The second kappa shape index (κ2) is 5.91. The Kier molecular flexibility index (Phi) is 4.75. The maximum Gasteiger partial charge on any atom is 0.0501 e. The van der Waals surface area contributed by atoms with Crippen LogP contribution in [0, 0.1) is 5.41 Å². The average molecular weight is 259 g/mol. The summed E-state index contributed by atoms with van der Waals surface area (Å²) in [5, 5.41) is 10.4. The summed E-state index contributed by atoms with van der Waals surface area (Å²) in [6.07, 6.45) is 2.02. The average Bonchev–Trinajstić information content (AvgIpc) is 2.36. The first-order valence-electron chi connectivity index (χ1n) is 6.71. The second-order valence-electron chi connectivity index (χ2n) is 5.56. The van der Waals surface area contributed by atoms with Gasteiger partial charge in [0.15, 0.2) is 0 Å². The van der Waals surface area contributed by atoms with E-state index >= 15 is 0 Å². The van der Waals surface area contributed by atoms with Crippen LogP contribution in [0.3, 0.4) is 0 Å². The number of rotatable bonds is 3. The minimum Gasteiger partial charge on any atom is -0.396 e. The quantitative estimate of drug-likeness (QED) is 0.834. The van der Waals surface area contributed by atoms with E-state index in [2.05, 4.69) is 30.5 Å². The van der Waals surface area contributed by atoms with Gasteiger partial charge in [-0.3, -0.25) is 4.90 Å². The molecule has 3 nitrogen and oxygen atoms in total. The number of aliphatic hydroxyl groups excluding tert-OH is 1. The first kappa shape index (κ1) is 13.7. The largest absolute Gasteiger partial charge is 0.396 e. The van der Waals surface area contributed by atoms with Crippen molar-refractivity contribution in [2.24, 2.45) is 5.41 Å².